The zero-order valence-corrected chi connectivity index (χ0v) is 13.0. The highest BCUT2D eigenvalue weighted by Gasteiger charge is 2.19. The van der Waals surface area contributed by atoms with Gasteiger partial charge in [0.05, 0.1) is 31.6 Å². The van der Waals surface area contributed by atoms with Gasteiger partial charge in [-0.3, -0.25) is 0 Å². The van der Waals surface area contributed by atoms with Crippen LogP contribution in [-0.4, -0.2) is 44.5 Å². The number of aromatic carboxylic acids is 1. The van der Waals surface area contributed by atoms with Crippen molar-refractivity contribution < 1.29 is 19.4 Å². The molecule has 0 bridgehead atoms. The molecule has 0 amide bonds. The Bertz CT molecular complexity index is 691. The zero-order valence-electron chi connectivity index (χ0n) is 13.0. The van der Waals surface area contributed by atoms with Gasteiger partial charge in [0.25, 0.3) is 0 Å². The first-order chi connectivity index (χ1) is 11.2. The molecule has 5 heteroatoms. The van der Waals surface area contributed by atoms with Crippen molar-refractivity contribution in [2.45, 2.75) is 0 Å². The summed E-state index contributed by atoms with van der Waals surface area (Å²) in [5.41, 5.74) is 2.90. The van der Waals surface area contributed by atoms with Crippen LogP contribution >= 0.6 is 0 Å². The van der Waals surface area contributed by atoms with Crippen molar-refractivity contribution >= 4 is 11.7 Å². The second-order valence-corrected chi connectivity index (χ2v) is 5.37. The van der Waals surface area contributed by atoms with Gasteiger partial charge in [0.1, 0.15) is 5.75 Å². The topological polar surface area (TPSA) is 59.0 Å². The van der Waals surface area contributed by atoms with E-state index in [1.165, 1.54) is 0 Å². The minimum absolute atomic E-state index is 0.320. The van der Waals surface area contributed by atoms with E-state index in [1.54, 1.807) is 13.2 Å². The summed E-state index contributed by atoms with van der Waals surface area (Å²) < 4.78 is 10.5. The molecule has 2 aromatic carbocycles. The van der Waals surface area contributed by atoms with Gasteiger partial charge >= 0.3 is 5.97 Å². The van der Waals surface area contributed by atoms with E-state index < -0.39 is 5.97 Å². The van der Waals surface area contributed by atoms with Crippen LogP contribution in [0.4, 0.5) is 5.69 Å². The van der Waals surface area contributed by atoms with E-state index in [2.05, 4.69) is 4.90 Å². The molecule has 1 heterocycles. The van der Waals surface area contributed by atoms with Crippen LogP contribution in [0, 0.1) is 0 Å². The Balaban J connectivity index is 1.96. The Morgan fingerprint density at radius 2 is 1.74 bits per heavy atom. The third-order valence-corrected chi connectivity index (χ3v) is 4.00. The van der Waals surface area contributed by atoms with Gasteiger partial charge in [-0.25, -0.2) is 4.79 Å². The van der Waals surface area contributed by atoms with E-state index in [1.807, 2.05) is 36.4 Å². The van der Waals surface area contributed by atoms with Gasteiger partial charge < -0.3 is 19.5 Å². The average molecular weight is 313 g/mol. The lowest BCUT2D eigenvalue weighted by molar-refractivity contribution is 0.0696. The third kappa shape index (κ3) is 3.29. The van der Waals surface area contributed by atoms with Crippen molar-refractivity contribution in [3.05, 3.63) is 48.0 Å². The Morgan fingerprint density at radius 1 is 1.09 bits per heavy atom. The van der Waals surface area contributed by atoms with Crippen molar-refractivity contribution in [3.63, 3.8) is 0 Å². The highest BCUT2D eigenvalue weighted by atomic mass is 16.5. The number of benzene rings is 2. The quantitative estimate of drug-likeness (QED) is 0.940. The number of carboxylic acids is 1. The molecule has 0 aromatic heterocycles. The van der Waals surface area contributed by atoms with Crippen molar-refractivity contribution in [3.8, 4) is 16.9 Å². The predicted molar refractivity (Wildman–Crippen MR) is 88.4 cm³/mol. The number of methoxy groups -OCH3 is 1. The molecule has 1 aliphatic rings. The number of carbonyl (C=O) groups is 1. The van der Waals surface area contributed by atoms with Crippen molar-refractivity contribution in [1.29, 1.82) is 0 Å². The van der Waals surface area contributed by atoms with Crippen LogP contribution in [0.1, 0.15) is 10.4 Å². The largest absolute Gasteiger partial charge is 0.497 e. The molecule has 3 rings (SSSR count). The fourth-order valence-corrected chi connectivity index (χ4v) is 2.75. The molecule has 1 saturated heterocycles. The lowest BCUT2D eigenvalue weighted by Crippen LogP contribution is -2.37. The van der Waals surface area contributed by atoms with E-state index in [-0.39, 0.29) is 0 Å². The first kappa shape index (κ1) is 15.4. The Kier molecular flexibility index (Phi) is 4.48. The third-order valence-electron chi connectivity index (χ3n) is 4.00. The molecule has 23 heavy (non-hydrogen) atoms. The normalized spacial score (nSPS) is 14.6. The molecular weight excluding hydrogens is 294 g/mol. The number of hydrogen-bond acceptors (Lipinski definition) is 4. The molecule has 0 saturated carbocycles. The van der Waals surface area contributed by atoms with Gasteiger partial charge in [-0.15, -0.1) is 0 Å². The van der Waals surface area contributed by atoms with E-state index in [0.29, 0.717) is 31.9 Å². The van der Waals surface area contributed by atoms with Gasteiger partial charge in [0.2, 0.25) is 0 Å². The summed E-state index contributed by atoms with van der Waals surface area (Å²) in [7, 11) is 1.62. The maximum absolute atomic E-state index is 11.7. The number of carboxylic acid groups (broad SMARTS) is 1. The highest BCUT2D eigenvalue weighted by Crippen LogP contribution is 2.29. The first-order valence-electron chi connectivity index (χ1n) is 7.53. The molecule has 2 aromatic rings. The molecule has 1 fully saturated rings. The van der Waals surface area contributed by atoms with Gasteiger partial charge in [-0.1, -0.05) is 18.2 Å². The van der Waals surface area contributed by atoms with E-state index >= 15 is 0 Å². The second-order valence-electron chi connectivity index (χ2n) is 5.37. The monoisotopic (exact) mass is 313 g/mol. The number of ether oxygens (including phenoxy) is 2. The molecular formula is C18H19NO4. The Labute approximate surface area is 135 Å². The van der Waals surface area contributed by atoms with Crippen molar-refractivity contribution in [2.24, 2.45) is 0 Å². The van der Waals surface area contributed by atoms with Gasteiger partial charge in [0, 0.05) is 13.1 Å². The summed E-state index contributed by atoms with van der Waals surface area (Å²) in [6.07, 6.45) is 0. The fraction of sp³-hybridized carbons (Fsp3) is 0.278. The molecule has 120 valence electrons. The first-order valence-corrected chi connectivity index (χ1v) is 7.53. The minimum Gasteiger partial charge on any atom is -0.497 e. The standard InChI is InChI=1S/C18H19NO4/c1-22-15-5-2-13(3-6-15)14-4-7-17(16(12-14)18(20)21)19-8-10-23-11-9-19/h2-7,12H,8-11H2,1H3,(H,20,21). The zero-order chi connectivity index (χ0) is 16.2. The Hall–Kier alpha value is -2.53. The molecule has 0 radical (unpaired) electrons. The average Bonchev–Trinajstić information content (AvgIpc) is 2.62. The molecule has 1 aliphatic heterocycles. The number of hydrogen-bond donors (Lipinski definition) is 1. The Morgan fingerprint density at radius 3 is 2.35 bits per heavy atom. The maximum Gasteiger partial charge on any atom is 0.337 e. The SMILES string of the molecule is COc1ccc(-c2ccc(N3CCOCC3)c(C(=O)O)c2)cc1. The van der Waals surface area contributed by atoms with E-state index in [4.69, 9.17) is 9.47 Å². The lowest BCUT2D eigenvalue weighted by Gasteiger charge is -2.30. The molecule has 0 spiro atoms. The predicted octanol–water partition coefficient (Wildman–Crippen LogP) is 2.90. The number of anilines is 1. The summed E-state index contributed by atoms with van der Waals surface area (Å²) in [4.78, 5) is 13.7. The van der Waals surface area contributed by atoms with Gasteiger partial charge in [-0.2, -0.15) is 0 Å². The molecule has 0 aliphatic carbocycles. The highest BCUT2D eigenvalue weighted by molar-refractivity contribution is 5.96. The van der Waals surface area contributed by atoms with Crippen molar-refractivity contribution in [2.75, 3.05) is 38.3 Å². The van der Waals surface area contributed by atoms with Crippen LogP contribution in [0.25, 0.3) is 11.1 Å². The van der Waals surface area contributed by atoms with Crippen LogP contribution < -0.4 is 9.64 Å². The van der Waals surface area contributed by atoms with E-state index in [0.717, 1.165) is 22.6 Å². The smallest absolute Gasteiger partial charge is 0.337 e. The minimum atomic E-state index is -0.915. The molecule has 5 nitrogen and oxygen atoms in total. The van der Waals surface area contributed by atoms with Crippen LogP contribution in [-0.2, 0) is 4.74 Å². The number of rotatable bonds is 4. The van der Waals surface area contributed by atoms with Gasteiger partial charge in [-0.05, 0) is 35.4 Å². The summed E-state index contributed by atoms with van der Waals surface area (Å²) in [5, 5.41) is 9.57. The van der Waals surface area contributed by atoms with Crippen LogP contribution in [0.3, 0.4) is 0 Å². The van der Waals surface area contributed by atoms with E-state index in [9.17, 15) is 9.90 Å². The molecule has 1 N–H and O–H groups in total. The number of morpholine rings is 1. The summed E-state index contributed by atoms with van der Waals surface area (Å²) in [5.74, 6) is -0.140. The lowest BCUT2D eigenvalue weighted by atomic mass is 10.0. The molecule has 0 atom stereocenters. The fourth-order valence-electron chi connectivity index (χ4n) is 2.75. The van der Waals surface area contributed by atoms with Crippen LogP contribution in [0.2, 0.25) is 0 Å². The summed E-state index contributed by atoms with van der Waals surface area (Å²) in [6.45, 7) is 2.67. The molecule has 0 unspecified atom stereocenters. The second kappa shape index (κ2) is 6.71. The van der Waals surface area contributed by atoms with Gasteiger partial charge in [0.15, 0.2) is 0 Å². The summed E-state index contributed by atoms with van der Waals surface area (Å²) in [6, 6.07) is 13.2. The number of nitrogens with zero attached hydrogens (tertiary/aromatic N) is 1. The van der Waals surface area contributed by atoms with Crippen molar-refractivity contribution in [1.82, 2.24) is 0 Å². The van der Waals surface area contributed by atoms with Crippen LogP contribution in [0.15, 0.2) is 42.5 Å². The van der Waals surface area contributed by atoms with Crippen LogP contribution in [0.5, 0.6) is 5.75 Å². The summed E-state index contributed by atoms with van der Waals surface area (Å²) >= 11 is 0. The maximum atomic E-state index is 11.7.